The van der Waals surface area contributed by atoms with Crippen LogP contribution >= 0.6 is 23.2 Å². The third kappa shape index (κ3) is 2.11. The number of hydrogen-bond acceptors (Lipinski definition) is 2. The molecule has 0 atom stereocenters. The summed E-state index contributed by atoms with van der Waals surface area (Å²) in [5.74, 6) is 0. The van der Waals surface area contributed by atoms with Crippen molar-refractivity contribution in [2.45, 2.75) is 12.8 Å². The standard InChI is InChI=1S/C8H4Cl2F2N2/c9-5-3-14-7(10)4(1-2-13)6(5)8(11)12/h3,8H,1H2. The van der Waals surface area contributed by atoms with E-state index in [1.807, 2.05) is 0 Å². The zero-order chi connectivity index (χ0) is 10.7. The van der Waals surface area contributed by atoms with Gasteiger partial charge >= 0.3 is 0 Å². The molecule has 0 aliphatic heterocycles. The third-order valence-electron chi connectivity index (χ3n) is 1.60. The van der Waals surface area contributed by atoms with E-state index in [9.17, 15) is 8.78 Å². The molecule has 0 fully saturated rings. The van der Waals surface area contributed by atoms with Crippen molar-refractivity contribution in [3.05, 3.63) is 27.5 Å². The van der Waals surface area contributed by atoms with Crippen LogP contribution < -0.4 is 0 Å². The van der Waals surface area contributed by atoms with Gasteiger partial charge in [-0.1, -0.05) is 23.2 Å². The summed E-state index contributed by atoms with van der Waals surface area (Å²) in [7, 11) is 0. The van der Waals surface area contributed by atoms with Crippen molar-refractivity contribution in [2.75, 3.05) is 0 Å². The maximum absolute atomic E-state index is 12.5. The first-order valence-corrected chi connectivity index (χ1v) is 4.31. The van der Waals surface area contributed by atoms with Gasteiger partial charge in [-0.25, -0.2) is 13.8 Å². The van der Waals surface area contributed by atoms with Crippen LogP contribution in [0.4, 0.5) is 8.78 Å². The molecule has 1 heterocycles. The number of rotatable bonds is 2. The van der Waals surface area contributed by atoms with Crippen molar-refractivity contribution in [3.8, 4) is 6.07 Å². The molecule has 0 aliphatic rings. The molecule has 14 heavy (non-hydrogen) atoms. The molecule has 1 aromatic rings. The van der Waals surface area contributed by atoms with Gasteiger partial charge in [0.25, 0.3) is 6.43 Å². The zero-order valence-corrected chi connectivity index (χ0v) is 8.28. The summed E-state index contributed by atoms with van der Waals surface area (Å²) in [5.41, 5.74) is -0.412. The van der Waals surface area contributed by atoms with Gasteiger partial charge in [0.1, 0.15) is 5.15 Å². The molecule has 1 aromatic heterocycles. The fraction of sp³-hybridized carbons (Fsp3) is 0.250. The summed E-state index contributed by atoms with van der Waals surface area (Å²) in [6.07, 6.45) is -1.94. The van der Waals surface area contributed by atoms with Crippen molar-refractivity contribution >= 4 is 23.2 Å². The Morgan fingerprint density at radius 3 is 2.64 bits per heavy atom. The van der Waals surface area contributed by atoms with Crippen LogP contribution in [0.15, 0.2) is 6.20 Å². The van der Waals surface area contributed by atoms with E-state index in [2.05, 4.69) is 4.98 Å². The van der Waals surface area contributed by atoms with Gasteiger partial charge in [-0.3, -0.25) is 0 Å². The second kappa shape index (κ2) is 4.54. The fourth-order valence-corrected chi connectivity index (χ4v) is 1.46. The summed E-state index contributed by atoms with van der Waals surface area (Å²) in [4.78, 5) is 3.59. The molecule has 6 heteroatoms. The van der Waals surface area contributed by atoms with Gasteiger partial charge in [0, 0.05) is 17.3 Å². The van der Waals surface area contributed by atoms with Crippen LogP contribution in [-0.2, 0) is 6.42 Å². The lowest BCUT2D eigenvalue weighted by molar-refractivity contribution is 0.150. The molecule has 0 amide bonds. The second-order valence-corrected chi connectivity index (χ2v) is 3.19. The molecule has 2 nitrogen and oxygen atoms in total. The largest absolute Gasteiger partial charge is 0.265 e. The first-order valence-electron chi connectivity index (χ1n) is 3.55. The average Bonchev–Trinajstić information content (AvgIpc) is 2.11. The monoisotopic (exact) mass is 236 g/mol. The number of alkyl halides is 2. The van der Waals surface area contributed by atoms with Gasteiger partial charge in [-0.2, -0.15) is 5.26 Å². The van der Waals surface area contributed by atoms with Crippen molar-refractivity contribution in [1.82, 2.24) is 4.98 Å². The Labute approximate surface area is 89.1 Å². The topological polar surface area (TPSA) is 36.7 Å². The van der Waals surface area contributed by atoms with Crippen molar-refractivity contribution < 1.29 is 8.78 Å². The number of aromatic nitrogens is 1. The lowest BCUT2D eigenvalue weighted by Crippen LogP contribution is -1.98. The summed E-state index contributed by atoms with van der Waals surface area (Å²) in [6.45, 7) is 0. The highest BCUT2D eigenvalue weighted by Gasteiger charge is 2.20. The van der Waals surface area contributed by atoms with Crippen molar-refractivity contribution in [3.63, 3.8) is 0 Å². The molecule has 0 aromatic carbocycles. The van der Waals surface area contributed by atoms with Gasteiger partial charge in [0.2, 0.25) is 0 Å². The normalized spacial score (nSPS) is 10.3. The number of hydrogen-bond donors (Lipinski definition) is 0. The highest BCUT2D eigenvalue weighted by molar-refractivity contribution is 6.33. The van der Waals surface area contributed by atoms with E-state index >= 15 is 0 Å². The van der Waals surface area contributed by atoms with Crippen molar-refractivity contribution in [1.29, 1.82) is 5.26 Å². The Kier molecular flexibility index (Phi) is 3.62. The van der Waals surface area contributed by atoms with Crippen molar-refractivity contribution in [2.24, 2.45) is 0 Å². The zero-order valence-electron chi connectivity index (χ0n) is 6.77. The SMILES string of the molecule is N#CCc1c(Cl)ncc(Cl)c1C(F)F. The van der Waals surface area contributed by atoms with Crippen LogP contribution in [0.5, 0.6) is 0 Å². The molecule has 0 saturated carbocycles. The van der Waals surface area contributed by atoms with Crippen LogP contribution in [0.3, 0.4) is 0 Å². The summed E-state index contributed by atoms with van der Waals surface area (Å²) in [5, 5.41) is 8.14. The Balaban J connectivity index is 3.35. The molecule has 74 valence electrons. The first-order chi connectivity index (χ1) is 6.57. The maximum atomic E-state index is 12.5. The predicted molar refractivity (Wildman–Crippen MR) is 48.5 cm³/mol. The Morgan fingerprint density at radius 2 is 2.14 bits per heavy atom. The van der Waals surface area contributed by atoms with E-state index < -0.39 is 12.0 Å². The van der Waals surface area contributed by atoms with Gasteiger partial charge in [0.05, 0.1) is 17.5 Å². The Bertz CT molecular complexity index is 388. The smallest absolute Gasteiger partial charge is 0.243 e. The van der Waals surface area contributed by atoms with Gasteiger partial charge < -0.3 is 0 Å². The number of nitrogens with zero attached hydrogens (tertiary/aromatic N) is 2. The summed E-state index contributed by atoms with van der Waals surface area (Å²) in [6, 6.07) is 1.73. The van der Waals surface area contributed by atoms with Crippen LogP contribution in [0.25, 0.3) is 0 Å². The molecule has 0 aliphatic carbocycles. The van der Waals surface area contributed by atoms with E-state index in [-0.39, 0.29) is 22.2 Å². The number of halogens is 4. The quantitative estimate of drug-likeness (QED) is 0.739. The van der Waals surface area contributed by atoms with E-state index in [0.29, 0.717) is 0 Å². The van der Waals surface area contributed by atoms with E-state index in [4.69, 9.17) is 28.5 Å². The fourth-order valence-electron chi connectivity index (χ4n) is 0.999. The van der Waals surface area contributed by atoms with Gasteiger partial charge in [-0.15, -0.1) is 0 Å². The number of nitriles is 1. The minimum Gasteiger partial charge on any atom is -0.243 e. The molecule has 0 saturated heterocycles. The number of pyridine rings is 1. The molecule has 0 unspecified atom stereocenters. The van der Waals surface area contributed by atoms with Gasteiger partial charge in [0.15, 0.2) is 0 Å². The van der Waals surface area contributed by atoms with Crippen LogP contribution in [0, 0.1) is 11.3 Å². The molecular formula is C8H4Cl2F2N2. The van der Waals surface area contributed by atoms with Crippen LogP contribution in [0.2, 0.25) is 10.2 Å². The minimum atomic E-state index is -2.76. The summed E-state index contributed by atoms with van der Waals surface area (Å²) < 4.78 is 25.0. The maximum Gasteiger partial charge on any atom is 0.265 e. The highest BCUT2D eigenvalue weighted by Crippen LogP contribution is 2.33. The second-order valence-electron chi connectivity index (χ2n) is 2.42. The van der Waals surface area contributed by atoms with E-state index in [1.54, 1.807) is 6.07 Å². The van der Waals surface area contributed by atoms with Crippen LogP contribution in [-0.4, -0.2) is 4.98 Å². The predicted octanol–water partition coefficient (Wildman–Crippen LogP) is 3.39. The van der Waals surface area contributed by atoms with Crippen LogP contribution in [0.1, 0.15) is 17.6 Å². The summed E-state index contributed by atoms with van der Waals surface area (Å²) >= 11 is 11.1. The van der Waals surface area contributed by atoms with E-state index in [0.717, 1.165) is 6.20 Å². The molecular weight excluding hydrogens is 233 g/mol. The van der Waals surface area contributed by atoms with E-state index in [1.165, 1.54) is 0 Å². The van der Waals surface area contributed by atoms with Gasteiger partial charge in [-0.05, 0) is 0 Å². The molecule has 0 radical (unpaired) electrons. The minimum absolute atomic E-state index is 0.00309. The molecule has 0 N–H and O–H groups in total. The lowest BCUT2D eigenvalue weighted by Gasteiger charge is -2.08. The first kappa shape index (κ1) is 11.2. The molecule has 0 bridgehead atoms. The highest BCUT2D eigenvalue weighted by atomic mass is 35.5. The Morgan fingerprint density at radius 1 is 1.50 bits per heavy atom. The third-order valence-corrected chi connectivity index (χ3v) is 2.22. The Hall–Kier alpha value is -0.920. The lowest BCUT2D eigenvalue weighted by atomic mass is 10.1. The molecule has 1 rings (SSSR count). The molecule has 0 spiro atoms. The average molecular weight is 237 g/mol.